The molecule has 7 heteroatoms. The average molecular weight is 359 g/mol. The normalized spacial score (nSPS) is 15.3. The Morgan fingerprint density at radius 3 is 2.29 bits per heavy atom. The molecule has 0 spiro atoms. The lowest BCUT2D eigenvalue weighted by molar-refractivity contribution is -0.126. The van der Waals surface area contributed by atoms with E-state index in [2.05, 4.69) is 5.32 Å². The van der Waals surface area contributed by atoms with Crippen molar-refractivity contribution in [3.05, 3.63) is 17.7 Å². The third-order valence-corrected chi connectivity index (χ3v) is 4.41. The van der Waals surface area contributed by atoms with E-state index in [0.717, 1.165) is 31.2 Å². The van der Waals surface area contributed by atoms with Gasteiger partial charge >= 0.3 is 0 Å². The highest BCUT2D eigenvalue weighted by atomic mass is 35.5. The summed E-state index contributed by atoms with van der Waals surface area (Å²) in [5.41, 5.74) is 6.40. The third-order valence-electron chi connectivity index (χ3n) is 4.41. The monoisotopic (exact) mass is 358 g/mol. The summed E-state index contributed by atoms with van der Waals surface area (Å²) in [7, 11) is 4.75. The lowest BCUT2D eigenvalue weighted by Crippen LogP contribution is -2.52. The molecule has 0 atom stereocenters. The molecule has 0 unspecified atom stereocenters. The summed E-state index contributed by atoms with van der Waals surface area (Å²) >= 11 is 0. The minimum Gasteiger partial charge on any atom is -0.493 e. The Morgan fingerprint density at radius 1 is 1.12 bits per heavy atom. The number of hydrogen-bond donors (Lipinski definition) is 2. The maximum atomic E-state index is 12.2. The number of nitrogens with two attached hydrogens (primary N) is 1. The van der Waals surface area contributed by atoms with E-state index in [9.17, 15) is 4.79 Å². The van der Waals surface area contributed by atoms with E-state index in [0.29, 0.717) is 30.2 Å². The van der Waals surface area contributed by atoms with Gasteiger partial charge in [-0.1, -0.05) is 18.9 Å². The Morgan fingerprint density at radius 2 is 1.75 bits per heavy atom. The van der Waals surface area contributed by atoms with Crippen LogP contribution in [0.5, 0.6) is 17.2 Å². The van der Waals surface area contributed by atoms with Crippen LogP contribution in [0.25, 0.3) is 0 Å². The Kier molecular flexibility index (Phi) is 7.63. The second-order valence-corrected chi connectivity index (χ2v) is 5.86. The van der Waals surface area contributed by atoms with E-state index in [1.807, 2.05) is 12.1 Å². The van der Waals surface area contributed by atoms with Crippen molar-refractivity contribution in [3.63, 3.8) is 0 Å². The summed E-state index contributed by atoms with van der Waals surface area (Å²) in [6.45, 7) is 0.504. The number of carbonyl (C=O) groups excluding carboxylic acids is 1. The molecule has 24 heavy (non-hydrogen) atoms. The fourth-order valence-corrected chi connectivity index (χ4v) is 3.08. The standard InChI is InChI=1S/C17H26N2O4.ClH/c1-21-13-7-6-12(14(22-2)15(13)23-3)8-11-19-16(20)17(18)9-4-5-10-17;/h6-7H,4-5,8-11,18H2,1-3H3,(H,19,20);1H. The molecule has 1 aliphatic carbocycles. The minimum absolute atomic E-state index is 0. The number of halogens is 1. The summed E-state index contributed by atoms with van der Waals surface area (Å²) in [5.74, 6) is 1.74. The predicted molar refractivity (Wildman–Crippen MR) is 95.4 cm³/mol. The van der Waals surface area contributed by atoms with Crippen LogP contribution in [0.2, 0.25) is 0 Å². The van der Waals surface area contributed by atoms with E-state index in [1.54, 1.807) is 21.3 Å². The number of carbonyl (C=O) groups is 1. The summed E-state index contributed by atoms with van der Waals surface area (Å²) in [5, 5.41) is 2.94. The molecule has 1 fully saturated rings. The van der Waals surface area contributed by atoms with Gasteiger partial charge in [0.05, 0.1) is 26.9 Å². The molecule has 3 N–H and O–H groups in total. The van der Waals surface area contributed by atoms with Gasteiger partial charge in [-0.3, -0.25) is 4.79 Å². The highest BCUT2D eigenvalue weighted by Gasteiger charge is 2.36. The first-order valence-corrected chi connectivity index (χ1v) is 7.90. The van der Waals surface area contributed by atoms with Crippen LogP contribution < -0.4 is 25.3 Å². The second-order valence-electron chi connectivity index (χ2n) is 5.86. The van der Waals surface area contributed by atoms with Gasteiger partial charge < -0.3 is 25.3 Å². The molecule has 1 amide bonds. The number of amides is 1. The molecule has 0 bridgehead atoms. The summed E-state index contributed by atoms with van der Waals surface area (Å²) in [6.07, 6.45) is 4.20. The molecular formula is C17H27ClN2O4. The first-order valence-electron chi connectivity index (χ1n) is 7.90. The first kappa shape index (κ1) is 20.4. The van der Waals surface area contributed by atoms with Crippen LogP contribution in [0, 0.1) is 0 Å². The Balaban J connectivity index is 0.00000288. The number of rotatable bonds is 7. The molecule has 1 aromatic rings. The van der Waals surface area contributed by atoms with Gasteiger partial charge in [0.25, 0.3) is 0 Å². The summed E-state index contributed by atoms with van der Waals surface area (Å²) in [4.78, 5) is 12.2. The van der Waals surface area contributed by atoms with Gasteiger partial charge in [-0.15, -0.1) is 12.4 Å². The molecule has 136 valence electrons. The van der Waals surface area contributed by atoms with Crippen molar-refractivity contribution in [2.45, 2.75) is 37.6 Å². The van der Waals surface area contributed by atoms with E-state index in [4.69, 9.17) is 19.9 Å². The van der Waals surface area contributed by atoms with Crippen LogP contribution in [0.4, 0.5) is 0 Å². The van der Waals surface area contributed by atoms with Crippen LogP contribution in [0.15, 0.2) is 12.1 Å². The number of hydrogen-bond acceptors (Lipinski definition) is 5. The van der Waals surface area contributed by atoms with Crippen LogP contribution in [0.1, 0.15) is 31.2 Å². The zero-order chi connectivity index (χ0) is 16.9. The number of nitrogens with one attached hydrogen (secondary N) is 1. The Hall–Kier alpha value is -1.66. The largest absolute Gasteiger partial charge is 0.493 e. The molecule has 1 saturated carbocycles. The van der Waals surface area contributed by atoms with Gasteiger partial charge in [0.15, 0.2) is 11.5 Å². The van der Waals surface area contributed by atoms with Gasteiger partial charge in [0, 0.05) is 12.1 Å². The van der Waals surface area contributed by atoms with Crippen molar-refractivity contribution >= 4 is 18.3 Å². The SMILES string of the molecule is COc1ccc(CCNC(=O)C2(N)CCCC2)c(OC)c1OC.Cl. The van der Waals surface area contributed by atoms with E-state index < -0.39 is 5.54 Å². The lowest BCUT2D eigenvalue weighted by atomic mass is 9.98. The molecule has 0 saturated heterocycles. The predicted octanol–water partition coefficient (Wildman–Crippen LogP) is 2.06. The van der Waals surface area contributed by atoms with Crippen molar-refractivity contribution in [2.75, 3.05) is 27.9 Å². The quantitative estimate of drug-likeness (QED) is 0.779. The number of methoxy groups -OCH3 is 3. The van der Waals surface area contributed by atoms with Crippen LogP contribution in [-0.4, -0.2) is 39.3 Å². The molecule has 0 aromatic heterocycles. The van der Waals surface area contributed by atoms with Crippen LogP contribution >= 0.6 is 12.4 Å². The van der Waals surface area contributed by atoms with E-state index in [-0.39, 0.29) is 18.3 Å². The first-order chi connectivity index (χ1) is 11.1. The Bertz CT molecular complexity index is 560. The average Bonchev–Trinajstić information content (AvgIpc) is 3.01. The third kappa shape index (κ3) is 4.24. The molecule has 0 radical (unpaired) electrons. The minimum atomic E-state index is -0.693. The van der Waals surface area contributed by atoms with Crippen molar-refractivity contribution in [3.8, 4) is 17.2 Å². The van der Waals surface area contributed by atoms with Crippen molar-refractivity contribution < 1.29 is 19.0 Å². The number of benzene rings is 1. The molecule has 6 nitrogen and oxygen atoms in total. The lowest BCUT2D eigenvalue weighted by Gasteiger charge is -2.22. The zero-order valence-corrected chi connectivity index (χ0v) is 15.3. The Labute approximate surface area is 149 Å². The van der Waals surface area contributed by atoms with Gasteiger partial charge in [-0.05, 0) is 25.3 Å². The van der Waals surface area contributed by atoms with Gasteiger partial charge in [-0.25, -0.2) is 0 Å². The maximum absolute atomic E-state index is 12.2. The summed E-state index contributed by atoms with van der Waals surface area (Å²) < 4.78 is 16.1. The van der Waals surface area contributed by atoms with E-state index >= 15 is 0 Å². The fraction of sp³-hybridized carbons (Fsp3) is 0.588. The van der Waals surface area contributed by atoms with Crippen molar-refractivity contribution in [1.82, 2.24) is 5.32 Å². The summed E-state index contributed by atoms with van der Waals surface area (Å²) in [6, 6.07) is 3.75. The molecule has 0 aliphatic heterocycles. The molecule has 2 rings (SSSR count). The molecule has 1 aliphatic rings. The smallest absolute Gasteiger partial charge is 0.240 e. The van der Waals surface area contributed by atoms with Gasteiger partial charge in [0.2, 0.25) is 11.7 Å². The van der Waals surface area contributed by atoms with Crippen LogP contribution in [0.3, 0.4) is 0 Å². The zero-order valence-electron chi connectivity index (χ0n) is 14.5. The highest BCUT2D eigenvalue weighted by molar-refractivity contribution is 5.86. The van der Waals surface area contributed by atoms with Gasteiger partial charge in [0.1, 0.15) is 0 Å². The van der Waals surface area contributed by atoms with Crippen LogP contribution in [-0.2, 0) is 11.2 Å². The topological polar surface area (TPSA) is 82.8 Å². The van der Waals surface area contributed by atoms with Crippen molar-refractivity contribution in [2.24, 2.45) is 5.73 Å². The molecule has 0 heterocycles. The molecule has 1 aromatic carbocycles. The highest BCUT2D eigenvalue weighted by Crippen LogP contribution is 2.39. The maximum Gasteiger partial charge on any atom is 0.240 e. The van der Waals surface area contributed by atoms with Crippen molar-refractivity contribution in [1.29, 1.82) is 0 Å². The van der Waals surface area contributed by atoms with Gasteiger partial charge in [-0.2, -0.15) is 0 Å². The fourth-order valence-electron chi connectivity index (χ4n) is 3.08. The number of ether oxygens (including phenoxy) is 3. The van der Waals surface area contributed by atoms with E-state index in [1.165, 1.54) is 0 Å². The second kappa shape index (κ2) is 8.99. The molecular weight excluding hydrogens is 332 g/mol.